The molecule has 1 saturated carbocycles. The van der Waals surface area contributed by atoms with Crippen molar-refractivity contribution in [2.24, 2.45) is 5.92 Å². The van der Waals surface area contributed by atoms with Crippen molar-refractivity contribution in [1.29, 1.82) is 0 Å². The summed E-state index contributed by atoms with van der Waals surface area (Å²) in [5, 5.41) is 3.19. The third-order valence-electron chi connectivity index (χ3n) is 4.01. The molecule has 2 unspecified atom stereocenters. The molecule has 1 N–H and O–H groups in total. The van der Waals surface area contributed by atoms with Gasteiger partial charge in [0, 0.05) is 11.4 Å². The molecule has 1 aromatic rings. The van der Waals surface area contributed by atoms with Gasteiger partial charge in [0.05, 0.1) is 5.54 Å². The molecule has 0 heterocycles. The van der Waals surface area contributed by atoms with Crippen LogP contribution >= 0.6 is 11.6 Å². The minimum Gasteiger partial charge on any atom is -0.345 e. The second kappa shape index (κ2) is 5.96. The van der Waals surface area contributed by atoms with Crippen molar-refractivity contribution in [3.63, 3.8) is 0 Å². The van der Waals surface area contributed by atoms with Crippen LogP contribution in [0.4, 0.5) is 0 Å². The molecule has 2 atom stereocenters. The van der Waals surface area contributed by atoms with Gasteiger partial charge in [-0.05, 0) is 37.8 Å². The Morgan fingerprint density at radius 2 is 2.32 bits per heavy atom. The minimum absolute atomic E-state index is 0.00144. The van der Waals surface area contributed by atoms with Gasteiger partial charge in [-0.2, -0.15) is 0 Å². The highest BCUT2D eigenvalue weighted by atomic mass is 35.5. The van der Waals surface area contributed by atoms with E-state index in [0.717, 1.165) is 30.4 Å². The van der Waals surface area contributed by atoms with Crippen LogP contribution in [0.1, 0.15) is 48.5 Å². The lowest BCUT2D eigenvalue weighted by molar-refractivity contribution is 0.0867. The van der Waals surface area contributed by atoms with Gasteiger partial charge in [0.2, 0.25) is 0 Å². The fourth-order valence-corrected chi connectivity index (χ4v) is 3.34. The molecule has 19 heavy (non-hydrogen) atoms. The van der Waals surface area contributed by atoms with Crippen molar-refractivity contribution in [3.05, 3.63) is 35.4 Å². The maximum atomic E-state index is 12.4. The Morgan fingerprint density at radius 3 is 2.95 bits per heavy atom. The van der Waals surface area contributed by atoms with E-state index in [9.17, 15) is 4.79 Å². The van der Waals surface area contributed by atoms with E-state index in [1.54, 1.807) is 0 Å². The van der Waals surface area contributed by atoms with Gasteiger partial charge < -0.3 is 5.32 Å². The standard InChI is InChI=1S/C16H22ClNO/c1-12-5-3-7-14(9-12)15(19)18-16(11-17)8-4-6-13(2)10-16/h3,5,7,9,13H,4,6,8,10-11H2,1-2H3,(H,18,19). The normalized spacial score (nSPS) is 27.0. The number of alkyl halides is 1. The second-order valence-electron chi connectivity index (χ2n) is 5.94. The molecule has 0 radical (unpaired) electrons. The fourth-order valence-electron chi connectivity index (χ4n) is 3.03. The van der Waals surface area contributed by atoms with Gasteiger partial charge in [-0.15, -0.1) is 11.6 Å². The number of carbonyl (C=O) groups excluding carboxylic acids is 1. The highest BCUT2D eigenvalue weighted by molar-refractivity contribution is 6.19. The van der Waals surface area contributed by atoms with Crippen molar-refractivity contribution < 1.29 is 4.79 Å². The third kappa shape index (κ3) is 3.50. The van der Waals surface area contributed by atoms with Crippen LogP contribution in [0.5, 0.6) is 0 Å². The molecule has 1 aliphatic rings. The first kappa shape index (κ1) is 14.4. The van der Waals surface area contributed by atoms with E-state index in [1.807, 2.05) is 31.2 Å². The molecule has 1 fully saturated rings. The molecular weight excluding hydrogens is 258 g/mol. The monoisotopic (exact) mass is 279 g/mol. The van der Waals surface area contributed by atoms with Crippen molar-refractivity contribution in [2.75, 3.05) is 5.88 Å². The minimum atomic E-state index is -0.222. The lowest BCUT2D eigenvalue weighted by atomic mass is 9.77. The number of rotatable bonds is 3. The summed E-state index contributed by atoms with van der Waals surface area (Å²) in [6, 6.07) is 7.69. The zero-order chi connectivity index (χ0) is 13.9. The first-order valence-corrected chi connectivity index (χ1v) is 7.53. The number of carbonyl (C=O) groups is 1. The highest BCUT2D eigenvalue weighted by Gasteiger charge is 2.35. The van der Waals surface area contributed by atoms with Gasteiger partial charge in [0.1, 0.15) is 0 Å². The van der Waals surface area contributed by atoms with Gasteiger partial charge in [-0.1, -0.05) is 37.5 Å². The number of benzene rings is 1. The van der Waals surface area contributed by atoms with Crippen LogP contribution in [0.2, 0.25) is 0 Å². The SMILES string of the molecule is Cc1cccc(C(=O)NC2(CCl)CCCC(C)C2)c1. The van der Waals surface area contributed by atoms with Crippen LogP contribution < -0.4 is 5.32 Å². The number of aryl methyl sites for hydroxylation is 1. The molecule has 1 amide bonds. The average molecular weight is 280 g/mol. The Morgan fingerprint density at radius 1 is 1.53 bits per heavy atom. The second-order valence-corrected chi connectivity index (χ2v) is 6.21. The Balaban J connectivity index is 2.12. The van der Waals surface area contributed by atoms with Crippen LogP contribution in [0, 0.1) is 12.8 Å². The molecule has 0 aliphatic heterocycles. The lowest BCUT2D eigenvalue weighted by Crippen LogP contribution is -2.52. The Kier molecular flexibility index (Phi) is 4.51. The van der Waals surface area contributed by atoms with Gasteiger partial charge in [-0.25, -0.2) is 0 Å². The van der Waals surface area contributed by atoms with Crippen LogP contribution in [-0.2, 0) is 0 Å². The molecule has 1 aliphatic carbocycles. The van der Waals surface area contributed by atoms with Crippen molar-refractivity contribution in [1.82, 2.24) is 5.32 Å². The van der Waals surface area contributed by atoms with Crippen molar-refractivity contribution >= 4 is 17.5 Å². The van der Waals surface area contributed by atoms with E-state index in [4.69, 9.17) is 11.6 Å². The molecule has 104 valence electrons. The van der Waals surface area contributed by atoms with Crippen LogP contribution in [0.3, 0.4) is 0 Å². The summed E-state index contributed by atoms with van der Waals surface area (Å²) in [5.41, 5.74) is 1.60. The summed E-state index contributed by atoms with van der Waals surface area (Å²) in [4.78, 5) is 12.4. The highest BCUT2D eigenvalue weighted by Crippen LogP contribution is 2.33. The smallest absolute Gasteiger partial charge is 0.251 e. The summed E-state index contributed by atoms with van der Waals surface area (Å²) >= 11 is 6.15. The Hall–Kier alpha value is -1.02. The molecule has 3 heteroatoms. The molecule has 0 spiro atoms. The van der Waals surface area contributed by atoms with Crippen molar-refractivity contribution in [2.45, 2.75) is 45.1 Å². The summed E-state index contributed by atoms with van der Waals surface area (Å²) in [6.07, 6.45) is 4.34. The van der Waals surface area contributed by atoms with Gasteiger partial charge in [0.25, 0.3) is 5.91 Å². The van der Waals surface area contributed by atoms with E-state index >= 15 is 0 Å². The molecule has 0 bridgehead atoms. The van der Waals surface area contributed by atoms with Gasteiger partial charge in [-0.3, -0.25) is 4.79 Å². The van der Waals surface area contributed by atoms with Crippen LogP contribution in [0.25, 0.3) is 0 Å². The van der Waals surface area contributed by atoms with E-state index in [2.05, 4.69) is 12.2 Å². The summed E-state index contributed by atoms with van der Waals surface area (Å²) in [6.45, 7) is 4.23. The van der Waals surface area contributed by atoms with Gasteiger partial charge >= 0.3 is 0 Å². The van der Waals surface area contributed by atoms with E-state index in [1.165, 1.54) is 6.42 Å². The van der Waals surface area contributed by atoms with Crippen LogP contribution in [0.15, 0.2) is 24.3 Å². The maximum Gasteiger partial charge on any atom is 0.251 e. The first-order valence-electron chi connectivity index (χ1n) is 7.00. The first-order chi connectivity index (χ1) is 9.04. The molecule has 0 aromatic heterocycles. The number of hydrogen-bond acceptors (Lipinski definition) is 1. The predicted molar refractivity (Wildman–Crippen MR) is 79.7 cm³/mol. The molecule has 0 saturated heterocycles. The summed E-state index contributed by atoms with van der Waals surface area (Å²) < 4.78 is 0. The van der Waals surface area contributed by atoms with E-state index < -0.39 is 0 Å². The van der Waals surface area contributed by atoms with Gasteiger partial charge in [0.15, 0.2) is 0 Å². The van der Waals surface area contributed by atoms with Crippen LogP contribution in [-0.4, -0.2) is 17.3 Å². The molecular formula is C16H22ClNO. The van der Waals surface area contributed by atoms with Crippen molar-refractivity contribution in [3.8, 4) is 0 Å². The quantitative estimate of drug-likeness (QED) is 0.835. The zero-order valence-corrected chi connectivity index (χ0v) is 12.5. The summed E-state index contributed by atoms with van der Waals surface area (Å²) in [7, 11) is 0. The zero-order valence-electron chi connectivity index (χ0n) is 11.7. The number of halogens is 1. The number of nitrogens with one attached hydrogen (secondary N) is 1. The summed E-state index contributed by atoms with van der Waals surface area (Å²) in [5.74, 6) is 1.12. The topological polar surface area (TPSA) is 29.1 Å². The van der Waals surface area contributed by atoms with E-state index in [-0.39, 0.29) is 11.4 Å². The molecule has 1 aromatic carbocycles. The molecule has 2 rings (SSSR count). The largest absolute Gasteiger partial charge is 0.345 e. The lowest BCUT2D eigenvalue weighted by Gasteiger charge is -2.39. The third-order valence-corrected chi connectivity index (χ3v) is 4.52. The average Bonchev–Trinajstić information content (AvgIpc) is 2.38. The fraction of sp³-hybridized carbons (Fsp3) is 0.562. The Bertz CT molecular complexity index is 460. The molecule has 2 nitrogen and oxygen atoms in total. The number of hydrogen-bond donors (Lipinski definition) is 1. The predicted octanol–water partition coefficient (Wildman–Crippen LogP) is 3.91. The van der Waals surface area contributed by atoms with E-state index in [0.29, 0.717) is 11.8 Å². The number of amides is 1. The Labute approximate surface area is 120 Å². The maximum absolute atomic E-state index is 12.4.